The third-order valence-electron chi connectivity index (χ3n) is 12.1. The smallest absolute Gasteiger partial charge is 0.471 e. The first-order valence-electron chi connectivity index (χ1n) is 23.2. The predicted octanol–water partition coefficient (Wildman–Crippen LogP) is 0.0926. The Morgan fingerprint density at radius 1 is 0.867 bits per heavy atom. The first-order valence-corrected chi connectivity index (χ1v) is 23.2. The lowest BCUT2D eigenvalue weighted by Crippen LogP contribution is -2.70. The van der Waals surface area contributed by atoms with Crippen LogP contribution in [-0.2, 0) is 51.2 Å². The van der Waals surface area contributed by atoms with Crippen LogP contribution >= 0.6 is 0 Å². The summed E-state index contributed by atoms with van der Waals surface area (Å²) in [5, 5.41) is 94.3. The molecule has 4 amide bonds. The molecule has 2 fully saturated rings. The number of halogens is 3. The van der Waals surface area contributed by atoms with Crippen molar-refractivity contribution in [2.24, 2.45) is 5.92 Å². The number of alkyl halides is 3. The van der Waals surface area contributed by atoms with E-state index >= 15 is 0 Å². The largest absolute Gasteiger partial charge is 0.491 e. The summed E-state index contributed by atoms with van der Waals surface area (Å²) in [4.78, 5) is 73.0. The summed E-state index contributed by atoms with van der Waals surface area (Å²) >= 11 is 0. The fraction of sp³-hybridized carbons (Fsp3) is 0.600. The molecular formula is C45H61F3N8O19. The Hall–Kier alpha value is -6.35. The number of benzene rings is 2. The van der Waals surface area contributed by atoms with Gasteiger partial charge in [0.2, 0.25) is 6.41 Å². The number of hydrogen-bond acceptors (Lipinski definition) is 21. The van der Waals surface area contributed by atoms with Crippen LogP contribution in [0.1, 0.15) is 51.7 Å². The first-order chi connectivity index (χ1) is 35.1. The molecule has 2 aromatic carbocycles. The molecule has 0 spiro atoms. The average Bonchev–Trinajstić information content (AvgIpc) is 3.32. The van der Waals surface area contributed by atoms with Gasteiger partial charge in [0.25, 0.3) is 17.3 Å². The lowest BCUT2D eigenvalue weighted by atomic mass is 9.72. The number of carbonyl (C=O) groups excluding carboxylic acids is 4. The van der Waals surface area contributed by atoms with Crippen molar-refractivity contribution < 1.29 is 96.1 Å². The molecule has 2 heterocycles. The predicted molar refractivity (Wildman–Crippen MR) is 248 cm³/mol. The maximum atomic E-state index is 13.8. The van der Waals surface area contributed by atoms with Gasteiger partial charge in [0, 0.05) is 36.2 Å². The number of nitrogens with zero attached hydrogens (tertiary/aromatic N) is 2. The van der Waals surface area contributed by atoms with Crippen molar-refractivity contribution in [2.45, 2.75) is 139 Å². The van der Waals surface area contributed by atoms with E-state index in [1.54, 1.807) is 26.1 Å². The average molecular weight is 1080 g/mol. The van der Waals surface area contributed by atoms with E-state index < -0.39 is 157 Å². The number of rotatable bonds is 20. The number of nitro groups is 2. The number of amides is 4. The molecule has 2 aromatic rings. The summed E-state index contributed by atoms with van der Waals surface area (Å²) in [6.45, 7) is 3.20. The number of alkyl carbamates (subject to hydrolysis) is 2. The molecule has 0 bridgehead atoms. The van der Waals surface area contributed by atoms with Crippen LogP contribution in [0.5, 0.6) is 0 Å². The van der Waals surface area contributed by atoms with Crippen LogP contribution < -0.4 is 31.9 Å². The van der Waals surface area contributed by atoms with E-state index in [0.29, 0.717) is 5.56 Å². The second-order valence-corrected chi connectivity index (χ2v) is 19.0. The summed E-state index contributed by atoms with van der Waals surface area (Å²) in [5.41, 5.74) is -2.49. The van der Waals surface area contributed by atoms with Crippen LogP contribution in [0.15, 0.2) is 60.4 Å². The van der Waals surface area contributed by atoms with E-state index in [1.165, 1.54) is 56.4 Å². The summed E-state index contributed by atoms with van der Waals surface area (Å²) in [6.07, 6.45) is -19.8. The summed E-state index contributed by atoms with van der Waals surface area (Å²) in [5.74, 6) is -5.41. The lowest BCUT2D eigenvalue weighted by Gasteiger charge is -2.51. The Kier molecular flexibility index (Phi) is 20.2. The van der Waals surface area contributed by atoms with Gasteiger partial charge in [-0.25, -0.2) is 9.59 Å². The maximum absolute atomic E-state index is 13.8. The minimum atomic E-state index is -5.32. The Labute approximate surface area is 425 Å². The van der Waals surface area contributed by atoms with Crippen molar-refractivity contribution in [3.05, 3.63) is 91.7 Å². The fourth-order valence-corrected chi connectivity index (χ4v) is 8.51. The monoisotopic (exact) mass is 1070 g/mol. The second-order valence-electron chi connectivity index (χ2n) is 19.0. The fourth-order valence-electron chi connectivity index (χ4n) is 8.51. The summed E-state index contributed by atoms with van der Waals surface area (Å²) < 4.78 is 74.4. The SMILES string of the molecule is CN[C@@H]1[C@@H](O)[C@@H](O[C@H]2[C@H](NC(=O)[C@@H](O)CNC(=O)OC(C)(C)C)C[C@H](NC(=O)OCc3ccc([N+](=O)[O-])cc3)C([C@H]3OC(CNC(=O)C(F)(F)F)=CC[C@H]3NC(O)OCc3ccc([N+](=O)[O-])cc3)[C@@H]2O)OC[C@]1(C)O. The molecule has 5 rings (SSSR count). The van der Waals surface area contributed by atoms with E-state index in [0.717, 1.165) is 12.1 Å². The highest BCUT2D eigenvalue weighted by Crippen LogP contribution is 2.38. The highest BCUT2D eigenvalue weighted by atomic mass is 19.4. The Morgan fingerprint density at radius 3 is 2.03 bits per heavy atom. The summed E-state index contributed by atoms with van der Waals surface area (Å²) in [6, 6.07) is 4.64. The van der Waals surface area contributed by atoms with Gasteiger partial charge in [0.15, 0.2) is 6.29 Å². The molecule has 2 unspecified atom stereocenters. The van der Waals surface area contributed by atoms with Gasteiger partial charge in [-0.15, -0.1) is 0 Å². The summed E-state index contributed by atoms with van der Waals surface area (Å²) in [7, 11) is 1.42. The molecule has 13 atom stereocenters. The maximum Gasteiger partial charge on any atom is 0.471 e. The number of hydrogen-bond donors (Lipinski definition) is 11. The third-order valence-corrected chi connectivity index (χ3v) is 12.1. The highest BCUT2D eigenvalue weighted by molar-refractivity contribution is 5.82. The number of aliphatic hydroxyl groups is 5. The van der Waals surface area contributed by atoms with E-state index in [9.17, 15) is 78.1 Å². The molecule has 27 nitrogen and oxygen atoms in total. The minimum Gasteiger partial charge on any atom is -0.491 e. The minimum absolute atomic E-state index is 0.230. The van der Waals surface area contributed by atoms with Crippen LogP contribution in [0.2, 0.25) is 0 Å². The van der Waals surface area contributed by atoms with Gasteiger partial charge in [0.1, 0.15) is 48.0 Å². The van der Waals surface area contributed by atoms with Crippen molar-refractivity contribution in [3.63, 3.8) is 0 Å². The number of nitro benzene ring substituents is 2. The van der Waals surface area contributed by atoms with Gasteiger partial charge in [-0.2, -0.15) is 13.2 Å². The standard InChI is InChI=1S/C45H61F3N8O19/c1-43(2,3)75-40(62)51-18-30(57)37(60)52-29-16-28(54-42(64)71-20-23-8-12-25(13-9-23)56(68)69)31(32(58)35(29)74-38-33(59)36(49-5)44(4,65)21-72-38)34-27(15-14-26(73-34)17-50-39(61)45(46,47)48)53-41(63)70-19-22-6-10-24(11-7-22)55(66)67/h6-14,27-36,38,41,49,53,57-59,63,65H,15-21H2,1-5H3,(H,50,61)(H,51,62)(H,52,60)(H,54,64)/t27-,28+,29-,30+,31?,32+,33-,34+,35+,36-,38-,41?,44+/m1/s1. The topological polar surface area (TPSA) is 383 Å². The van der Waals surface area contributed by atoms with E-state index in [2.05, 4.69) is 26.6 Å². The van der Waals surface area contributed by atoms with Crippen LogP contribution in [-0.4, -0.2) is 171 Å². The van der Waals surface area contributed by atoms with Crippen LogP contribution in [0.3, 0.4) is 0 Å². The van der Waals surface area contributed by atoms with Crippen molar-refractivity contribution in [1.82, 2.24) is 31.9 Å². The molecule has 2 aliphatic heterocycles. The number of likely N-dealkylation sites (N-methyl/N-ethyl adjacent to an activating group) is 1. The lowest BCUT2D eigenvalue weighted by molar-refractivity contribution is -0.385. The molecule has 416 valence electrons. The Morgan fingerprint density at radius 2 is 1.47 bits per heavy atom. The molecule has 75 heavy (non-hydrogen) atoms. The zero-order valence-corrected chi connectivity index (χ0v) is 41.1. The number of ether oxygens (including phenoxy) is 6. The molecular weight excluding hydrogens is 1010 g/mol. The van der Waals surface area contributed by atoms with Crippen molar-refractivity contribution in [3.8, 4) is 0 Å². The molecule has 1 saturated heterocycles. The second kappa shape index (κ2) is 25.5. The third kappa shape index (κ3) is 16.8. The number of carbonyl (C=O) groups is 4. The Bertz CT molecular complexity index is 2340. The van der Waals surface area contributed by atoms with Crippen molar-refractivity contribution in [1.29, 1.82) is 0 Å². The van der Waals surface area contributed by atoms with Gasteiger partial charge in [-0.1, -0.05) is 0 Å². The first kappa shape index (κ1) is 59.5. The zero-order chi connectivity index (χ0) is 55.6. The molecule has 0 radical (unpaired) electrons. The van der Waals surface area contributed by atoms with Crippen molar-refractivity contribution in [2.75, 3.05) is 26.7 Å². The number of nitrogens with one attached hydrogen (secondary N) is 6. The Balaban J connectivity index is 1.53. The van der Waals surface area contributed by atoms with Gasteiger partial charge >= 0.3 is 24.3 Å². The van der Waals surface area contributed by atoms with Crippen molar-refractivity contribution >= 4 is 35.4 Å². The quantitative estimate of drug-likeness (QED) is 0.0475. The molecule has 3 aliphatic rings. The van der Waals surface area contributed by atoms with Crippen LogP contribution in [0.4, 0.5) is 34.1 Å². The van der Waals surface area contributed by atoms with Crippen LogP contribution in [0, 0.1) is 26.1 Å². The molecule has 1 saturated carbocycles. The molecule has 11 N–H and O–H groups in total. The normalized spacial score (nSPS) is 27.8. The van der Waals surface area contributed by atoms with E-state index in [1.807, 2.05) is 0 Å². The van der Waals surface area contributed by atoms with Gasteiger partial charge in [0.05, 0.1) is 60.4 Å². The van der Waals surface area contributed by atoms with E-state index in [4.69, 9.17) is 28.4 Å². The molecule has 1 aliphatic carbocycles. The van der Waals surface area contributed by atoms with Gasteiger partial charge < -0.3 is 80.5 Å². The van der Waals surface area contributed by atoms with E-state index in [-0.39, 0.29) is 35.7 Å². The van der Waals surface area contributed by atoms with Gasteiger partial charge in [-0.3, -0.25) is 35.1 Å². The molecule has 0 aromatic heterocycles. The van der Waals surface area contributed by atoms with Crippen LogP contribution in [0.25, 0.3) is 0 Å². The molecule has 30 heteroatoms. The van der Waals surface area contributed by atoms with Gasteiger partial charge in [-0.05, 0) is 89.1 Å². The zero-order valence-electron chi connectivity index (χ0n) is 41.1. The number of aliphatic hydroxyl groups excluding tert-OH is 4. The number of non-ortho nitro benzene ring substituents is 2. The highest BCUT2D eigenvalue weighted by Gasteiger charge is 2.55.